The first kappa shape index (κ1) is 7.72. The van der Waals surface area contributed by atoms with Gasteiger partial charge in [0.05, 0.1) is 12.2 Å². The summed E-state index contributed by atoms with van der Waals surface area (Å²) in [7, 11) is 0. The zero-order chi connectivity index (χ0) is 8.10. The molecule has 0 aliphatic carbocycles. The molecule has 58 valence electrons. The van der Waals surface area contributed by atoms with Crippen molar-refractivity contribution in [3.8, 4) is 0 Å². The van der Waals surface area contributed by atoms with Gasteiger partial charge in [-0.05, 0) is 6.08 Å². The highest BCUT2D eigenvalue weighted by Crippen LogP contribution is 1.91. The lowest BCUT2D eigenvalue weighted by Crippen LogP contribution is -2.19. The molecule has 0 bridgehead atoms. The topological polar surface area (TPSA) is 41.5 Å². The molecule has 11 heavy (non-hydrogen) atoms. The Morgan fingerprint density at radius 3 is 3.27 bits per heavy atom. The highest BCUT2D eigenvalue weighted by Gasteiger charge is 1.94. The van der Waals surface area contributed by atoms with Crippen molar-refractivity contribution in [3.05, 3.63) is 23.9 Å². The van der Waals surface area contributed by atoms with Crippen LogP contribution >= 0.6 is 0 Å². The van der Waals surface area contributed by atoms with Gasteiger partial charge in [0.15, 0.2) is 0 Å². The molecular weight excluding hydrogens is 140 g/mol. The van der Waals surface area contributed by atoms with Crippen LogP contribution in [0.2, 0.25) is 0 Å². The van der Waals surface area contributed by atoms with Crippen molar-refractivity contribution < 1.29 is 4.79 Å². The van der Waals surface area contributed by atoms with E-state index in [-0.39, 0.29) is 5.91 Å². The van der Waals surface area contributed by atoms with Crippen LogP contribution in [-0.2, 0) is 4.79 Å². The van der Waals surface area contributed by atoms with Gasteiger partial charge in [0, 0.05) is 13.1 Å². The fraction of sp³-hybridized carbons (Fsp3) is 0.250. The Morgan fingerprint density at radius 1 is 1.73 bits per heavy atom. The van der Waals surface area contributed by atoms with Crippen molar-refractivity contribution in [2.24, 2.45) is 4.99 Å². The summed E-state index contributed by atoms with van der Waals surface area (Å²) in [6, 6.07) is 0. The Hall–Kier alpha value is -1.38. The van der Waals surface area contributed by atoms with Crippen LogP contribution in [0.15, 0.2) is 28.9 Å². The van der Waals surface area contributed by atoms with Crippen LogP contribution in [-0.4, -0.2) is 18.7 Å². The van der Waals surface area contributed by atoms with Gasteiger partial charge in [-0.1, -0.05) is 12.2 Å². The van der Waals surface area contributed by atoms with Gasteiger partial charge in [-0.3, -0.25) is 9.79 Å². The maximum Gasteiger partial charge on any atom is 0.221 e. The van der Waals surface area contributed by atoms with Crippen molar-refractivity contribution in [3.63, 3.8) is 0 Å². The number of carbonyl (C=O) groups excluding carboxylic acids is 1. The van der Waals surface area contributed by atoms with Crippen LogP contribution in [0.25, 0.3) is 0 Å². The van der Waals surface area contributed by atoms with E-state index in [1.165, 1.54) is 6.92 Å². The van der Waals surface area contributed by atoms with Crippen LogP contribution in [0.3, 0.4) is 0 Å². The number of allylic oxidation sites excluding steroid dienone is 3. The van der Waals surface area contributed by atoms with Gasteiger partial charge in [0.25, 0.3) is 0 Å². The Morgan fingerprint density at radius 2 is 2.55 bits per heavy atom. The van der Waals surface area contributed by atoms with E-state index in [0.29, 0.717) is 6.54 Å². The third kappa shape index (κ3) is 2.80. The van der Waals surface area contributed by atoms with Crippen LogP contribution in [0, 0.1) is 0 Å². The third-order valence-electron chi connectivity index (χ3n) is 1.17. The molecule has 1 rings (SSSR count). The van der Waals surface area contributed by atoms with E-state index in [1.807, 2.05) is 18.2 Å². The minimum atomic E-state index is -0.0713. The molecule has 0 saturated carbocycles. The largest absolute Gasteiger partial charge is 0.325 e. The van der Waals surface area contributed by atoms with E-state index in [4.69, 9.17) is 0 Å². The molecule has 0 radical (unpaired) electrons. The fourth-order valence-electron chi connectivity index (χ4n) is 0.765. The zero-order valence-electron chi connectivity index (χ0n) is 6.37. The van der Waals surface area contributed by atoms with E-state index in [2.05, 4.69) is 10.3 Å². The molecule has 0 fully saturated rings. The number of aliphatic imine (C=N–C) groups is 1. The molecule has 0 unspecified atom stereocenters. The first-order chi connectivity index (χ1) is 5.29. The third-order valence-corrected chi connectivity index (χ3v) is 1.17. The standard InChI is InChI=1S/C8H10N2O/c1-7(11)10-8-4-2-3-5-9-6-8/h2-4,6H,5H2,1H3,(H,10,11). The quantitative estimate of drug-likeness (QED) is 0.585. The highest BCUT2D eigenvalue weighted by atomic mass is 16.1. The molecule has 0 atom stereocenters. The molecule has 0 spiro atoms. The Labute approximate surface area is 65.5 Å². The molecule has 0 saturated heterocycles. The predicted molar refractivity (Wildman–Crippen MR) is 44.4 cm³/mol. The van der Waals surface area contributed by atoms with Crippen LogP contribution in [0.5, 0.6) is 0 Å². The molecule has 1 amide bonds. The number of nitrogens with zero attached hydrogens (tertiary/aromatic N) is 1. The molecule has 1 aliphatic heterocycles. The number of hydrogen-bond donors (Lipinski definition) is 1. The lowest BCUT2D eigenvalue weighted by atomic mass is 10.4. The first-order valence-electron chi connectivity index (χ1n) is 3.43. The molecule has 0 aromatic rings. The molecule has 1 heterocycles. The lowest BCUT2D eigenvalue weighted by Gasteiger charge is -1.98. The molecule has 3 heteroatoms. The molecule has 3 nitrogen and oxygen atoms in total. The number of nitrogens with one attached hydrogen (secondary N) is 1. The van der Waals surface area contributed by atoms with Crippen molar-refractivity contribution >= 4 is 12.1 Å². The normalized spacial score (nSPS) is 15.5. The Balaban J connectivity index is 2.62. The summed E-state index contributed by atoms with van der Waals surface area (Å²) in [4.78, 5) is 14.6. The minimum Gasteiger partial charge on any atom is -0.325 e. The SMILES string of the molecule is CC(=O)NC1=CC=CCN=C1. The van der Waals surface area contributed by atoms with Crippen molar-refractivity contribution in [1.29, 1.82) is 0 Å². The second-order valence-electron chi connectivity index (χ2n) is 2.23. The molecule has 1 aliphatic rings. The number of rotatable bonds is 1. The number of hydrogen-bond acceptors (Lipinski definition) is 2. The molecule has 0 aromatic heterocycles. The molecule has 1 N–H and O–H groups in total. The number of carbonyl (C=O) groups is 1. The average molecular weight is 150 g/mol. The summed E-state index contributed by atoms with van der Waals surface area (Å²) in [5.41, 5.74) is 0.742. The van der Waals surface area contributed by atoms with Crippen molar-refractivity contribution in [2.75, 3.05) is 6.54 Å². The van der Waals surface area contributed by atoms with Gasteiger partial charge in [-0.25, -0.2) is 0 Å². The smallest absolute Gasteiger partial charge is 0.221 e. The van der Waals surface area contributed by atoms with Gasteiger partial charge in [0.1, 0.15) is 0 Å². The second-order valence-corrected chi connectivity index (χ2v) is 2.23. The predicted octanol–water partition coefficient (Wildman–Crippen LogP) is 0.647. The van der Waals surface area contributed by atoms with Crippen LogP contribution in [0.1, 0.15) is 6.92 Å². The monoisotopic (exact) mass is 150 g/mol. The van der Waals surface area contributed by atoms with Gasteiger partial charge in [-0.2, -0.15) is 0 Å². The Bertz CT molecular complexity index is 238. The summed E-state index contributed by atoms with van der Waals surface area (Å²) in [6.45, 7) is 2.16. The summed E-state index contributed by atoms with van der Waals surface area (Å²) in [5, 5.41) is 2.64. The summed E-state index contributed by atoms with van der Waals surface area (Å²) < 4.78 is 0. The van der Waals surface area contributed by atoms with Gasteiger partial charge >= 0.3 is 0 Å². The summed E-state index contributed by atoms with van der Waals surface area (Å²) in [6.07, 6.45) is 7.27. The summed E-state index contributed by atoms with van der Waals surface area (Å²) >= 11 is 0. The fourth-order valence-corrected chi connectivity index (χ4v) is 0.765. The number of amides is 1. The van der Waals surface area contributed by atoms with E-state index in [1.54, 1.807) is 6.21 Å². The Kier molecular flexibility index (Phi) is 2.60. The lowest BCUT2D eigenvalue weighted by molar-refractivity contribution is -0.118. The minimum absolute atomic E-state index is 0.0713. The second kappa shape index (κ2) is 3.71. The van der Waals surface area contributed by atoms with Crippen molar-refractivity contribution in [2.45, 2.75) is 6.92 Å². The maximum absolute atomic E-state index is 10.6. The highest BCUT2D eigenvalue weighted by molar-refractivity contribution is 5.87. The van der Waals surface area contributed by atoms with Gasteiger partial charge < -0.3 is 5.32 Å². The van der Waals surface area contributed by atoms with Crippen molar-refractivity contribution in [1.82, 2.24) is 5.32 Å². The van der Waals surface area contributed by atoms with Crippen LogP contribution < -0.4 is 5.32 Å². The van der Waals surface area contributed by atoms with Crippen LogP contribution in [0.4, 0.5) is 0 Å². The zero-order valence-corrected chi connectivity index (χ0v) is 6.37. The summed E-state index contributed by atoms with van der Waals surface area (Å²) in [5.74, 6) is -0.0713. The van der Waals surface area contributed by atoms with Gasteiger partial charge in [0.2, 0.25) is 5.91 Å². The average Bonchev–Trinajstić information content (AvgIpc) is 2.14. The maximum atomic E-state index is 10.6. The van der Waals surface area contributed by atoms with E-state index >= 15 is 0 Å². The molecule has 0 aromatic carbocycles. The van der Waals surface area contributed by atoms with E-state index in [9.17, 15) is 4.79 Å². The van der Waals surface area contributed by atoms with E-state index < -0.39 is 0 Å². The van der Waals surface area contributed by atoms with E-state index in [0.717, 1.165) is 5.70 Å². The van der Waals surface area contributed by atoms with Gasteiger partial charge in [-0.15, -0.1) is 0 Å². The first-order valence-corrected chi connectivity index (χ1v) is 3.43. The molecular formula is C8H10N2O.